The van der Waals surface area contributed by atoms with Gasteiger partial charge in [-0.25, -0.2) is 0 Å². The fraction of sp³-hybridized carbons (Fsp3) is 0.320. The van der Waals surface area contributed by atoms with Gasteiger partial charge in [0.25, 0.3) is 0 Å². The fourth-order valence-corrected chi connectivity index (χ4v) is 4.25. The SMILES string of the molecule is C=C(O)c1ccccc1NC(C)c1cc(C)cc2c(=O)cc(C3CCNCC3)oc12. The molecule has 2 aromatic carbocycles. The Morgan fingerprint density at radius 2 is 1.97 bits per heavy atom. The van der Waals surface area contributed by atoms with E-state index in [-0.39, 0.29) is 23.1 Å². The van der Waals surface area contributed by atoms with Crippen molar-refractivity contribution in [1.29, 1.82) is 0 Å². The number of aliphatic hydroxyl groups excluding tert-OH is 1. The molecule has 156 valence electrons. The third kappa shape index (κ3) is 3.98. The molecule has 1 aliphatic heterocycles. The summed E-state index contributed by atoms with van der Waals surface area (Å²) in [7, 11) is 0. The van der Waals surface area contributed by atoms with Crippen LogP contribution in [0.15, 0.2) is 58.3 Å². The standard InChI is InChI=1S/C25H28N2O3/c1-15-12-20(16(2)27-22-7-5-4-6-19(22)17(3)28)25-21(13-15)23(29)14-24(30-25)18-8-10-26-11-9-18/h4-7,12-14,16,18,26-28H,3,8-11H2,1-2H3. The van der Waals surface area contributed by atoms with Crippen LogP contribution >= 0.6 is 0 Å². The van der Waals surface area contributed by atoms with E-state index in [1.807, 2.05) is 44.2 Å². The lowest BCUT2D eigenvalue weighted by atomic mass is 9.94. The second-order valence-corrected chi connectivity index (χ2v) is 8.13. The van der Waals surface area contributed by atoms with Gasteiger partial charge in [0.15, 0.2) is 5.43 Å². The highest BCUT2D eigenvalue weighted by Gasteiger charge is 2.21. The van der Waals surface area contributed by atoms with Crippen LogP contribution in [0.4, 0.5) is 5.69 Å². The number of aliphatic hydroxyl groups is 1. The summed E-state index contributed by atoms with van der Waals surface area (Å²) in [4.78, 5) is 12.9. The monoisotopic (exact) mass is 404 g/mol. The molecular weight excluding hydrogens is 376 g/mol. The van der Waals surface area contributed by atoms with E-state index >= 15 is 0 Å². The topological polar surface area (TPSA) is 74.5 Å². The van der Waals surface area contributed by atoms with Gasteiger partial charge in [0.1, 0.15) is 17.1 Å². The number of hydrogen-bond acceptors (Lipinski definition) is 5. The van der Waals surface area contributed by atoms with Crippen molar-refractivity contribution in [2.75, 3.05) is 18.4 Å². The molecule has 5 heteroatoms. The molecule has 4 rings (SSSR count). The molecule has 3 N–H and O–H groups in total. The lowest BCUT2D eigenvalue weighted by Gasteiger charge is -2.23. The van der Waals surface area contributed by atoms with Crippen LogP contribution in [0, 0.1) is 6.92 Å². The highest BCUT2D eigenvalue weighted by molar-refractivity contribution is 5.82. The van der Waals surface area contributed by atoms with Crippen LogP contribution in [0.5, 0.6) is 0 Å². The van der Waals surface area contributed by atoms with Gasteiger partial charge in [-0.1, -0.05) is 24.8 Å². The number of aryl methyl sites for hydroxylation is 1. The van der Waals surface area contributed by atoms with Crippen molar-refractivity contribution in [3.8, 4) is 0 Å². The minimum atomic E-state index is -0.140. The second kappa shape index (κ2) is 8.36. The normalized spacial score (nSPS) is 15.8. The zero-order chi connectivity index (χ0) is 21.3. The molecule has 1 fully saturated rings. The van der Waals surface area contributed by atoms with Crippen LogP contribution in [-0.4, -0.2) is 18.2 Å². The van der Waals surface area contributed by atoms with Crippen LogP contribution in [0.1, 0.15) is 54.2 Å². The van der Waals surface area contributed by atoms with E-state index in [0.29, 0.717) is 16.5 Å². The summed E-state index contributed by atoms with van der Waals surface area (Å²) >= 11 is 0. The Morgan fingerprint density at radius 1 is 1.23 bits per heavy atom. The van der Waals surface area contributed by atoms with Gasteiger partial charge in [-0.2, -0.15) is 0 Å². The van der Waals surface area contributed by atoms with E-state index in [9.17, 15) is 9.90 Å². The Bertz CT molecular complexity index is 1140. The quantitative estimate of drug-likeness (QED) is 0.505. The second-order valence-electron chi connectivity index (χ2n) is 8.13. The molecule has 1 unspecified atom stereocenters. The summed E-state index contributed by atoms with van der Waals surface area (Å²) < 4.78 is 6.37. The maximum atomic E-state index is 12.9. The zero-order valence-electron chi connectivity index (χ0n) is 17.5. The molecule has 1 aromatic heterocycles. The number of fused-ring (bicyclic) bond motifs is 1. The summed E-state index contributed by atoms with van der Waals surface area (Å²) in [6.45, 7) is 9.55. The first-order valence-corrected chi connectivity index (χ1v) is 10.5. The number of rotatable bonds is 5. The van der Waals surface area contributed by atoms with E-state index < -0.39 is 0 Å². The first kappa shape index (κ1) is 20.2. The van der Waals surface area contributed by atoms with Crippen molar-refractivity contribution in [3.05, 3.63) is 81.7 Å². The van der Waals surface area contributed by atoms with Crippen molar-refractivity contribution >= 4 is 22.4 Å². The third-order valence-electron chi connectivity index (χ3n) is 5.84. The van der Waals surface area contributed by atoms with Crippen molar-refractivity contribution in [2.24, 2.45) is 0 Å². The number of benzene rings is 2. The molecule has 2 heterocycles. The molecule has 1 saturated heterocycles. The first-order chi connectivity index (χ1) is 14.4. The number of para-hydroxylation sites is 1. The number of anilines is 1. The van der Waals surface area contributed by atoms with Crippen LogP contribution in [0.3, 0.4) is 0 Å². The van der Waals surface area contributed by atoms with Crippen LogP contribution in [-0.2, 0) is 0 Å². The van der Waals surface area contributed by atoms with Crippen molar-refractivity contribution < 1.29 is 9.52 Å². The highest BCUT2D eigenvalue weighted by Crippen LogP contribution is 2.32. The lowest BCUT2D eigenvalue weighted by molar-refractivity contribution is 0.391. The summed E-state index contributed by atoms with van der Waals surface area (Å²) in [5.74, 6) is 1.05. The van der Waals surface area contributed by atoms with Gasteiger partial charge < -0.3 is 20.2 Å². The zero-order valence-corrected chi connectivity index (χ0v) is 17.5. The van der Waals surface area contributed by atoms with Gasteiger partial charge in [0, 0.05) is 28.8 Å². The van der Waals surface area contributed by atoms with E-state index in [4.69, 9.17) is 4.42 Å². The molecule has 0 saturated carbocycles. The average Bonchev–Trinajstić information content (AvgIpc) is 2.74. The Balaban J connectivity index is 1.78. The largest absolute Gasteiger partial charge is 0.508 e. The maximum Gasteiger partial charge on any atom is 0.192 e. The summed E-state index contributed by atoms with van der Waals surface area (Å²) in [5, 5.41) is 17.3. The van der Waals surface area contributed by atoms with Gasteiger partial charge in [0.2, 0.25) is 0 Å². The van der Waals surface area contributed by atoms with Crippen LogP contribution in [0.25, 0.3) is 16.7 Å². The van der Waals surface area contributed by atoms with E-state index in [2.05, 4.69) is 23.3 Å². The predicted octanol–water partition coefficient (Wildman–Crippen LogP) is 5.27. The van der Waals surface area contributed by atoms with E-state index in [1.54, 1.807) is 6.07 Å². The number of nitrogens with one attached hydrogen (secondary N) is 2. The van der Waals surface area contributed by atoms with Gasteiger partial charge in [-0.15, -0.1) is 0 Å². The molecule has 5 nitrogen and oxygen atoms in total. The predicted molar refractivity (Wildman–Crippen MR) is 122 cm³/mol. The van der Waals surface area contributed by atoms with Crippen molar-refractivity contribution in [1.82, 2.24) is 5.32 Å². The average molecular weight is 405 g/mol. The Morgan fingerprint density at radius 3 is 2.70 bits per heavy atom. The van der Waals surface area contributed by atoms with Gasteiger partial charge in [0.05, 0.1) is 11.4 Å². The van der Waals surface area contributed by atoms with Crippen molar-refractivity contribution in [3.63, 3.8) is 0 Å². The fourth-order valence-electron chi connectivity index (χ4n) is 4.25. The number of piperidine rings is 1. The molecule has 0 bridgehead atoms. The van der Waals surface area contributed by atoms with Crippen molar-refractivity contribution in [2.45, 2.75) is 38.6 Å². The smallest absolute Gasteiger partial charge is 0.192 e. The molecule has 0 spiro atoms. The van der Waals surface area contributed by atoms with Gasteiger partial charge in [-0.05, 0) is 63.5 Å². The lowest BCUT2D eigenvalue weighted by Crippen LogP contribution is -2.27. The third-order valence-corrected chi connectivity index (χ3v) is 5.84. The molecule has 1 aliphatic rings. The summed E-state index contributed by atoms with van der Waals surface area (Å²) in [6.07, 6.45) is 1.94. The molecule has 3 aromatic rings. The van der Waals surface area contributed by atoms with E-state index in [0.717, 1.165) is 48.5 Å². The highest BCUT2D eigenvalue weighted by atomic mass is 16.3. The molecular formula is C25H28N2O3. The summed E-state index contributed by atoms with van der Waals surface area (Å²) in [6, 6.07) is 13.0. The Hall–Kier alpha value is -3.05. The van der Waals surface area contributed by atoms with E-state index in [1.165, 1.54) is 0 Å². The molecule has 30 heavy (non-hydrogen) atoms. The van der Waals surface area contributed by atoms with Gasteiger partial charge >= 0.3 is 0 Å². The molecule has 0 aliphatic carbocycles. The minimum absolute atomic E-state index is 0.00562. The van der Waals surface area contributed by atoms with Crippen LogP contribution in [0.2, 0.25) is 0 Å². The number of hydrogen-bond donors (Lipinski definition) is 3. The Labute approximate surface area is 176 Å². The molecule has 1 atom stereocenters. The van der Waals surface area contributed by atoms with Gasteiger partial charge in [-0.3, -0.25) is 4.79 Å². The first-order valence-electron chi connectivity index (χ1n) is 10.5. The Kier molecular flexibility index (Phi) is 5.64. The minimum Gasteiger partial charge on any atom is -0.508 e. The maximum absolute atomic E-state index is 12.9. The molecule has 0 radical (unpaired) electrons. The molecule has 0 amide bonds. The van der Waals surface area contributed by atoms with Crippen LogP contribution < -0.4 is 16.1 Å². The summed E-state index contributed by atoms with van der Waals surface area (Å²) in [5.41, 5.74) is 4.01.